The van der Waals surface area contributed by atoms with E-state index >= 15 is 0 Å². The number of carbonyl (C=O) groups excluding carboxylic acids is 2. The maximum Gasteiger partial charge on any atom is 0.444 e. The number of benzene rings is 1. The minimum atomic E-state index is -5.17. The quantitative estimate of drug-likeness (QED) is 0.356. The Morgan fingerprint density at radius 2 is 1.23 bits per heavy atom. The smallest absolute Gasteiger partial charge is 0.271 e. The van der Waals surface area contributed by atoms with Crippen LogP contribution in [0.15, 0.2) is 30.3 Å². The first-order valence-corrected chi connectivity index (χ1v) is 7.07. The number of imide groups is 1. The maximum absolute atomic E-state index is 12.5. The van der Waals surface area contributed by atoms with Crippen molar-refractivity contribution in [2.24, 2.45) is 0 Å². The molecular weight excluding hydrogens is 356 g/mol. The molecule has 0 bridgehead atoms. The lowest BCUT2D eigenvalue weighted by molar-refractivity contribution is -0.138. The summed E-state index contributed by atoms with van der Waals surface area (Å²) in [6.07, 6.45) is 0. The van der Waals surface area contributed by atoms with Crippen LogP contribution in [0.25, 0.3) is 0 Å². The van der Waals surface area contributed by atoms with Crippen LogP contribution in [-0.4, -0.2) is 26.9 Å². The van der Waals surface area contributed by atoms with Crippen LogP contribution in [0.2, 0.25) is 0 Å². The summed E-state index contributed by atoms with van der Waals surface area (Å²) in [4.78, 5) is 24.1. The van der Waals surface area contributed by atoms with Crippen LogP contribution in [0.3, 0.4) is 0 Å². The number of anilines is 1. The number of hydrogen-bond donors (Lipinski definition) is 0. The summed E-state index contributed by atoms with van der Waals surface area (Å²) in [6.45, 7) is 0. The van der Waals surface area contributed by atoms with Gasteiger partial charge in [-0.25, -0.2) is 4.90 Å². The normalized spacial score (nSPS) is 18.4. The van der Waals surface area contributed by atoms with Gasteiger partial charge >= 0.3 is 11.0 Å². The Balaban J connectivity index is 2.37. The molecule has 0 saturated carbocycles. The highest BCUT2D eigenvalue weighted by Crippen LogP contribution is 2.58. The van der Waals surface area contributed by atoms with Crippen molar-refractivity contribution in [3.05, 3.63) is 30.3 Å². The minimum Gasteiger partial charge on any atom is -0.271 e. The number of alkyl halides is 6. The molecule has 1 aliphatic rings. The lowest BCUT2D eigenvalue weighted by Crippen LogP contribution is -2.69. The molecule has 2 rings (SSSR count). The number of hydrogen-bond acceptors (Lipinski definition) is 4. The molecule has 1 heterocycles. The molecule has 2 amide bonds. The molecule has 11 heteroatoms. The molecule has 1 fully saturated rings. The summed E-state index contributed by atoms with van der Waals surface area (Å²) in [5, 5.41) is 0. The van der Waals surface area contributed by atoms with Crippen LogP contribution in [0.4, 0.5) is 32.0 Å². The average molecular weight is 361 g/mol. The first-order chi connectivity index (χ1) is 9.96. The van der Waals surface area contributed by atoms with Crippen molar-refractivity contribution in [2.45, 2.75) is 15.1 Å². The predicted octanol–water partition coefficient (Wildman–Crippen LogP) is 3.76. The van der Waals surface area contributed by atoms with Gasteiger partial charge in [-0.3, -0.25) is 9.59 Å². The number of halogens is 6. The standard InChI is InChI=1S/C11H5F6NO2S2/c12-10(13,14)21-9(22-11(15,16)17)7(19)18(8(9)20)6-4-2-1-3-5-6/h1-5H. The summed E-state index contributed by atoms with van der Waals surface area (Å²) in [7, 11) is 0. The molecule has 1 aliphatic heterocycles. The van der Waals surface area contributed by atoms with Crippen molar-refractivity contribution in [3.63, 3.8) is 0 Å². The van der Waals surface area contributed by atoms with Crippen LogP contribution < -0.4 is 4.90 Å². The van der Waals surface area contributed by atoms with E-state index in [2.05, 4.69) is 0 Å². The van der Waals surface area contributed by atoms with Crippen LogP contribution in [-0.2, 0) is 9.59 Å². The van der Waals surface area contributed by atoms with Gasteiger partial charge in [0.05, 0.1) is 5.69 Å². The highest BCUT2D eigenvalue weighted by Gasteiger charge is 2.70. The number of β-lactam (4-membered cyclic amide) rings is 2. The van der Waals surface area contributed by atoms with Gasteiger partial charge in [-0.1, -0.05) is 18.2 Å². The van der Waals surface area contributed by atoms with Crippen LogP contribution >= 0.6 is 23.5 Å². The predicted molar refractivity (Wildman–Crippen MR) is 69.0 cm³/mol. The molecule has 0 radical (unpaired) electrons. The van der Waals surface area contributed by atoms with E-state index in [0.29, 0.717) is 4.90 Å². The fraction of sp³-hybridized carbons (Fsp3) is 0.273. The van der Waals surface area contributed by atoms with Gasteiger partial charge < -0.3 is 0 Å². The summed E-state index contributed by atoms with van der Waals surface area (Å²) in [5.74, 6) is -3.12. The van der Waals surface area contributed by atoms with Crippen molar-refractivity contribution < 1.29 is 35.9 Å². The molecule has 0 aromatic heterocycles. The van der Waals surface area contributed by atoms with Gasteiger partial charge in [0.1, 0.15) is 0 Å². The van der Waals surface area contributed by atoms with Crippen LogP contribution in [0, 0.1) is 0 Å². The van der Waals surface area contributed by atoms with Crippen molar-refractivity contribution in [1.82, 2.24) is 0 Å². The molecule has 0 N–H and O–H groups in total. The Morgan fingerprint density at radius 1 is 0.818 bits per heavy atom. The van der Waals surface area contributed by atoms with Gasteiger partial charge in [-0.2, -0.15) is 26.3 Å². The second-order valence-electron chi connectivity index (χ2n) is 3.99. The molecule has 3 nitrogen and oxygen atoms in total. The summed E-state index contributed by atoms with van der Waals surface area (Å²) in [5.41, 5.74) is -10.4. The second kappa shape index (κ2) is 5.37. The third kappa shape index (κ3) is 3.19. The Bertz CT molecular complexity index is 567. The summed E-state index contributed by atoms with van der Waals surface area (Å²) >= 11 is -2.53. The van der Waals surface area contributed by atoms with E-state index in [1.54, 1.807) is 0 Å². The Kier molecular flexibility index (Phi) is 4.15. The number of thioether (sulfide) groups is 2. The van der Waals surface area contributed by atoms with E-state index in [0.717, 1.165) is 0 Å². The Hall–Kier alpha value is -1.36. The van der Waals surface area contributed by atoms with Crippen molar-refractivity contribution in [2.75, 3.05) is 4.90 Å². The summed E-state index contributed by atoms with van der Waals surface area (Å²) in [6, 6.07) is 6.76. The van der Waals surface area contributed by atoms with E-state index in [-0.39, 0.29) is 5.69 Å². The molecule has 1 aromatic rings. The van der Waals surface area contributed by atoms with E-state index < -0.39 is 50.4 Å². The number of rotatable bonds is 3. The molecule has 1 aromatic carbocycles. The van der Waals surface area contributed by atoms with Crippen molar-refractivity contribution >= 4 is 41.0 Å². The zero-order chi connectivity index (χ0) is 16.8. The SMILES string of the molecule is O=C1N(c2ccccc2)C(=O)C1(SC(F)(F)F)SC(F)(F)F. The van der Waals surface area contributed by atoms with Crippen LogP contribution in [0.1, 0.15) is 0 Å². The zero-order valence-corrected chi connectivity index (χ0v) is 11.9. The first-order valence-electron chi connectivity index (χ1n) is 5.44. The molecule has 1 saturated heterocycles. The van der Waals surface area contributed by atoms with Crippen molar-refractivity contribution in [1.29, 1.82) is 0 Å². The Morgan fingerprint density at radius 3 is 1.59 bits per heavy atom. The zero-order valence-electron chi connectivity index (χ0n) is 10.2. The molecule has 120 valence electrons. The molecular formula is C11H5F6NO2S2. The second-order valence-corrected chi connectivity index (χ2v) is 6.81. The maximum atomic E-state index is 12.5. The average Bonchev–Trinajstić information content (AvgIpc) is 2.36. The van der Waals surface area contributed by atoms with E-state index in [9.17, 15) is 35.9 Å². The van der Waals surface area contributed by atoms with Crippen molar-refractivity contribution in [3.8, 4) is 0 Å². The molecule has 22 heavy (non-hydrogen) atoms. The van der Waals surface area contributed by atoms with Gasteiger partial charge in [0.15, 0.2) is 0 Å². The van der Waals surface area contributed by atoms with E-state index in [1.165, 1.54) is 30.3 Å². The number of carbonyl (C=O) groups is 2. The topological polar surface area (TPSA) is 37.4 Å². The summed E-state index contributed by atoms with van der Waals surface area (Å²) < 4.78 is 71.6. The molecule has 0 atom stereocenters. The lowest BCUT2D eigenvalue weighted by atomic mass is 10.1. The van der Waals surface area contributed by atoms with Gasteiger partial charge in [-0.15, -0.1) is 0 Å². The fourth-order valence-corrected chi connectivity index (χ4v) is 3.86. The molecule has 0 unspecified atom stereocenters. The van der Waals surface area contributed by atoms with Crippen LogP contribution in [0.5, 0.6) is 0 Å². The van der Waals surface area contributed by atoms with E-state index in [1.807, 2.05) is 0 Å². The van der Waals surface area contributed by atoms with Gasteiger partial charge in [0.25, 0.3) is 11.8 Å². The highest BCUT2D eigenvalue weighted by molar-refractivity contribution is 8.21. The monoisotopic (exact) mass is 361 g/mol. The third-order valence-electron chi connectivity index (χ3n) is 2.50. The largest absolute Gasteiger partial charge is 0.444 e. The third-order valence-corrected chi connectivity index (χ3v) is 4.74. The van der Waals surface area contributed by atoms with Gasteiger partial charge in [0, 0.05) is 0 Å². The minimum absolute atomic E-state index is 0.0846. The first kappa shape index (κ1) is 17.0. The van der Waals surface area contributed by atoms with E-state index in [4.69, 9.17) is 0 Å². The molecule has 0 spiro atoms. The number of amides is 2. The number of nitrogens with zero attached hydrogens (tertiary/aromatic N) is 1. The Labute approximate surface area is 128 Å². The fourth-order valence-electron chi connectivity index (χ4n) is 1.76. The lowest BCUT2D eigenvalue weighted by Gasteiger charge is -2.44. The molecule has 0 aliphatic carbocycles. The van der Waals surface area contributed by atoms with Gasteiger partial charge in [0.2, 0.25) is 4.08 Å². The van der Waals surface area contributed by atoms with Gasteiger partial charge in [-0.05, 0) is 35.7 Å². The number of para-hydroxylation sites is 1. The highest BCUT2D eigenvalue weighted by atomic mass is 32.2.